The van der Waals surface area contributed by atoms with Crippen molar-refractivity contribution < 1.29 is 26.7 Å². The van der Waals surface area contributed by atoms with Crippen molar-refractivity contribution in [3.8, 4) is 22.5 Å². The second-order valence-corrected chi connectivity index (χ2v) is 6.88. The molecule has 0 saturated carbocycles. The lowest BCUT2D eigenvalue weighted by molar-refractivity contribution is 0.0945. The standard InChI is InChI=1S/C24H13F5N4O/c25-18-15(19(26)21(28)22(29)20(18)27)12-30-33-24(34)23-31-16(13-7-3-1-4-8-13)11-17(32-23)14-9-5-2-6-10-14/h1-12H,(H,33,34). The monoisotopic (exact) mass is 468 g/mol. The van der Waals surface area contributed by atoms with Gasteiger partial charge in [0.15, 0.2) is 23.3 Å². The largest absolute Gasteiger partial charge is 0.309 e. The molecule has 1 aromatic heterocycles. The van der Waals surface area contributed by atoms with E-state index in [1.165, 1.54) is 0 Å². The highest BCUT2D eigenvalue weighted by molar-refractivity contribution is 5.92. The van der Waals surface area contributed by atoms with Crippen LogP contribution in [0.2, 0.25) is 0 Å². The van der Waals surface area contributed by atoms with Gasteiger partial charge in [-0.2, -0.15) is 5.10 Å². The molecule has 4 rings (SSSR count). The van der Waals surface area contributed by atoms with Crippen molar-refractivity contribution in [2.75, 3.05) is 0 Å². The van der Waals surface area contributed by atoms with Crippen LogP contribution in [0.25, 0.3) is 22.5 Å². The predicted octanol–water partition coefficient (Wildman–Crippen LogP) is 5.27. The Labute approximate surface area is 189 Å². The number of nitrogens with one attached hydrogen (secondary N) is 1. The van der Waals surface area contributed by atoms with E-state index >= 15 is 0 Å². The molecule has 1 heterocycles. The number of carbonyl (C=O) groups is 1. The smallest absolute Gasteiger partial charge is 0.264 e. The first-order valence-electron chi connectivity index (χ1n) is 9.71. The van der Waals surface area contributed by atoms with Gasteiger partial charge in [0, 0.05) is 11.1 Å². The summed E-state index contributed by atoms with van der Waals surface area (Å²) in [5.41, 5.74) is 2.87. The first-order valence-corrected chi connectivity index (χ1v) is 9.71. The Morgan fingerprint density at radius 2 is 1.15 bits per heavy atom. The van der Waals surface area contributed by atoms with Crippen LogP contribution < -0.4 is 5.43 Å². The molecule has 0 aliphatic rings. The maximum absolute atomic E-state index is 13.8. The van der Waals surface area contributed by atoms with Crippen LogP contribution in [0.3, 0.4) is 0 Å². The molecule has 1 N–H and O–H groups in total. The van der Waals surface area contributed by atoms with Gasteiger partial charge in [0.1, 0.15) is 0 Å². The van der Waals surface area contributed by atoms with Crippen LogP contribution in [0, 0.1) is 29.1 Å². The molecule has 0 atom stereocenters. The number of hydrogen-bond donors (Lipinski definition) is 1. The number of benzene rings is 3. The Balaban J connectivity index is 1.67. The summed E-state index contributed by atoms with van der Waals surface area (Å²) in [6.45, 7) is 0. The van der Waals surface area contributed by atoms with Crippen molar-refractivity contribution >= 4 is 12.1 Å². The number of aromatic nitrogens is 2. The number of hydrazone groups is 1. The lowest BCUT2D eigenvalue weighted by Crippen LogP contribution is -2.21. The van der Waals surface area contributed by atoms with E-state index in [0.717, 1.165) is 0 Å². The molecule has 3 aromatic carbocycles. The molecule has 0 aliphatic heterocycles. The second-order valence-electron chi connectivity index (χ2n) is 6.88. The first kappa shape index (κ1) is 22.7. The molecule has 1 amide bonds. The number of carbonyl (C=O) groups excluding carboxylic acids is 1. The van der Waals surface area contributed by atoms with Gasteiger partial charge in [-0.1, -0.05) is 60.7 Å². The van der Waals surface area contributed by atoms with E-state index in [1.807, 2.05) is 17.6 Å². The second kappa shape index (κ2) is 9.57. The topological polar surface area (TPSA) is 67.2 Å². The van der Waals surface area contributed by atoms with E-state index in [1.54, 1.807) is 54.6 Å². The first-order chi connectivity index (χ1) is 16.4. The van der Waals surface area contributed by atoms with Crippen molar-refractivity contribution in [2.24, 2.45) is 5.10 Å². The van der Waals surface area contributed by atoms with Crippen LogP contribution in [0.4, 0.5) is 22.0 Å². The summed E-state index contributed by atoms with van der Waals surface area (Å²) in [4.78, 5) is 21.0. The lowest BCUT2D eigenvalue weighted by Gasteiger charge is -2.08. The maximum Gasteiger partial charge on any atom is 0.309 e. The Hall–Kier alpha value is -4.47. The van der Waals surface area contributed by atoms with Gasteiger partial charge in [-0.3, -0.25) is 4.79 Å². The highest BCUT2D eigenvalue weighted by atomic mass is 19.2. The summed E-state index contributed by atoms with van der Waals surface area (Å²) < 4.78 is 67.4. The fourth-order valence-electron chi connectivity index (χ4n) is 3.00. The molecule has 0 fully saturated rings. The predicted molar refractivity (Wildman–Crippen MR) is 114 cm³/mol. The number of nitrogens with zero attached hydrogens (tertiary/aromatic N) is 3. The summed E-state index contributed by atoms with van der Waals surface area (Å²) >= 11 is 0. The van der Waals surface area contributed by atoms with E-state index in [-0.39, 0.29) is 5.82 Å². The lowest BCUT2D eigenvalue weighted by atomic mass is 10.1. The molecule has 0 radical (unpaired) electrons. The molecule has 170 valence electrons. The minimum Gasteiger partial charge on any atom is -0.264 e. The van der Waals surface area contributed by atoms with Crippen molar-refractivity contribution in [3.63, 3.8) is 0 Å². The van der Waals surface area contributed by atoms with Crippen molar-refractivity contribution in [2.45, 2.75) is 0 Å². The fraction of sp³-hybridized carbons (Fsp3) is 0. The minimum atomic E-state index is -2.30. The average molecular weight is 468 g/mol. The summed E-state index contributed by atoms with van der Waals surface area (Å²) in [6.07, 6.45) is 0.313. The average Bonchev–Trinajstić information content (AvgIpc) is 2.89. The molecule has 0 aliphatic carbocycles. The molecule has 0 saturated heterocycles. The molecule has 34 heavy (non-hydrogen) atoms. The zero-order valence-electron chi connectivity index (χ0n) is 17.1. The van der Waals surface area contributed by atoms with E-state index in [9.17, 15) is 26.7 Å². The van der Waals surface area contributed by atoms with Crippen LogP contribution in [0.15, 0.2) is 71.8 Å². The molecule has 0 unspecified atom stereocenters. The van der Waals surface area contributed by atoms with Gasteiger partial charge in [0.25, 0.3) is 0 Å². The van der Waals surface area contributed by atoms with Crippen LogP contribution in [0.1, 0.15) is 16.2 Å². The maximum atomic E-state index is 13.8. The normalized spacial score (nSPS) is 11.1. The summed E-state index contributed by atoms with van der Waals surface area (Å²) in [5.74, 6) is -12.0. The third kappa shape index (κ3) is 4.51. The molecule has 4 aromatic rings. The van der Waals surface area contributed by atoms with E-state index in [4.69, 9.17) is 0 Å². The van der Waals surface area contributed by atoms with E-state index < -0.39 is 40.6 Å². The minimum absolute atomic E-state index is 0.313. The number of hydrogen-bond acceptors (Lipinski definition) is 4. The molecule has 10 heteroatoms. The molecular weight excluding hydrogens is 455 g/mol. The Bertz CT molecular complexity index is 1310. The Morgan fingerprint density at radius 3 is 1.62 bits per heavy atom. The van der Waals surface area contributed by atoms with Crippen LogP contribution in [-0.4, -0.2) is 22.1 Å². The number of halogens is 5. The SMILES string of the molecule is O=C(NN=Cc1c(F)c(F)c(F)c(F)c1F)c1nc(-c2ccccc2)cc(-c2ccccc2)n1. The van der Waals surface area contributed by atoms with Gasteiger partial charge in [0.2, 0.25) is 11.6 Å². The Morgan fingerprint density at radius 1 is 0.706 bits per heavy atom. The zero-order chi connectivity index (χ0) is 24.2. The molecular formula is C24H13F5N4O. The van der Waals surface area contributed by atoms with Crippen molar-refractivity contribution in [1.29, 1.82) is 0 Å². The molecule has 0 spiro atoms. The molecule has 0 bridgehead atoms. The fourth-order valence-corrected chi connectivity index (χ4v) is 3.00. The zero-order valence-corrected chi connectivity index (χ0v) is 17.1. The summed E-state index contributed by atoms with van der Waals surface area (Å²) in [5, 5.41) is 3.32. The highest BCUT2D eigenvalue weighted by Crippen LogP contribution is 2.24. The number of rotatable bonds is 5. The van der Waals surface area contributed by atoms with E-state index in [2.05, 4.69) is 15.1 Å². The van der Waals surface area contributed by atoms with Gasteiger partial charge < -0.3 is 0 Å². The van der Waals surface area contributed by atoms with Gasteiger partial charge in [0.05, 0.1) is 23.2 Å². The molecule has 5 nitrogen and oxygen atoms in total. The highest BCUT2D eigenvalue weighted by Gasteiger charge is 2.24. The summed E-state index contributed by atoms with van der Waals surface area (Å²) in [7, 11) is 0. The number of amides is 1. The van der Waals surface area contributed by atoms with Crippen LogP contribution >= 0.6 is 0 Å². The van der Waals surface area contributed by atoms with Gasteiger partial charge >= 0.3 is 5.91 Å². The third-order valence-electron chi connectivity index (χ3n) is 4.67. The van der Waals surface area contributed by atoms with Gasteiger partial charge in [-0.05, 0) is 6.07 Å². The summed E-state index contributed by atoms with van der Waals surface area (Å²) in [6, 6.07) is 19.6. The third-order valence-corrected chi connectivity index (χ3v) is 4.67. The Kier molecular flexibility index (Phi) is 6.39. The van der Waals surface area contributed by atoms with Crippen LogP contribution in [-0.2, 0) is 0 Å². The van der Waals surface area contributed by atoms with Crippen molar-refractivity contribution in [1.82, 2.24) is 15.4 Å². The van der Waals surface area contributed by atoms with Gasteiger partial charge in [-0.15, -0.1) is 0 Å². The van der Waals surface area contributed by atoms with Crippen LogP contribution in [0.5, 0.6) is 0 Å². The van der Waals surface area contributed by atoms with Gasteiger partial charge in [-0.25, -0.2) is 37.3 Å². The van der Waals surface area contributed by atoms with Crippen molar-refractivity contribution in [3.05, 3.63) is 107 Å². The van der Waals surface area contributed by atoms with E-state index in [0.29, 0.717) is 28.7 Å². The quantitative estimate of drug-likeness (QED) is 0.143.